The number of fused-ring (bicyclic) bond motifs is 1. The SMILES string of the molecule is O=S1(=O)C=C[C@@H](NC2CCN(c3ncnc4ccsc34)CC2)C1. The Morgan fingerprint density at radius 3 is 2.83 bits per heavy atom. The van der Waals surface area contributed by atoms with Crippen molar-refractivity contribution in [2.24, 2.45) is 0 Å². The van der Waals surface area contributed by atoms with Gasteiger partial charge in [-0.1, -0.05) is 6.08 Å². The van der Waals surface area contributed by atoms with E-state index in [2.05, 4.69) is 20.2 Å². The van der Waals surface area contributed by atoms with Crippen LogP contribution in [0.4, 0.5) is 5.82 Å². The molecular formula is C15H18N4O2S2. The molecule has 2 aromatic rings. The predicted octanol–water partition coefficient (Wildman–Crippen LogP) is 1.56. The van der Waals surface area contributed by atoms with Crippen molar-refractivity contribution in [3.05, 3.63) is 29.3 Å². The van der Waals surface area contributed by atoms with Crippen LogP contribution in [0.5, 0.6) is 0 Å². The molecule has 0 aliphatic carbocycles. The Balaban J connectivity index is 1.40. The van der Waals surface area contributed by atoms with Crippen molar-refractivity contribution in [1.29, 1.82) is 0 Å². The normalized spacial score (nSPS) is 24.5. The van der Waals surface area contributed by atoms with Gasteiger partial charge in [-0.25, -0.2) is 18.4 Å². The summed E-state index contributed by atoms with van der Waals surface area (Å²) in [6.07, 6.45) is 5.37. The molecule has 0 radical (unpaired) electrons. The molecule has 0 bridgehead atoms. The Bertz CT molecular complexity index is 838. The molecule has 0 saturated carbocycles. The molecule has 1 N–H and O–H groups in total. The lowest BCUT2D eigenvalue weighted by molar-refractivity contribution is 0.400. The number of rotatable bonds is 3. The molecule has 6 nitrogen and oxygen atoms in total. The van der Waals surface area contributed by atoms with E-state index < -0.39 is 9.84 Å². The number of hydrogen-bond donors (Lipinski definition) is 1. The Hall–Kier alpha value is -1.51. The van der Waals surface area contributed by atoms with Crippen molar-refractivity contribution in [3.63, 3.8) is 0 Å². The number of nitrogens with one attached hydrogen (secondary N) is 1. The minimum Gasteiger partial charge on any atom is -0.355 e. The molecule has 4 heterocycles. The number of aromatic nitrogens is 2. The van der Waals surface area contributed by atoms with E-state index in [1.54, 1.807) is 23.7 Å². The zero-order valence-electron chi connectivity index (χ0n) is 12.6. The van der Waals surface area contributed by atoms with Gasteiger partial charge in [0.25, 0.3) is 0 Å². The van der Waals surface area contributed by atoms with Crippen LogP contribution in [0.1, 0.15) is 12.8 Å². The van der Waals surface area contributed by atoms with E-state index in [9.17, 15) is 8.42 Å². The third-order valence-corrected chi connectivity index (χ3v) is 6.69. The Morgan fingerprint density at radius 1 is 1.26 bits per heavy atom. The largest absolute Gasteiger partial charge is 0.355 e. The van der Waals surface area contributed by atoms with E-state index in [1.807, 2.05) is 11.4 Å². The lowest BCUT2D eigenvalue weighted by Crippen LogP contribution is -2.46. The second kappa shape index (κ2) is 5.85. The molecule has 23 heavy (non-hydrogen) atoms. The van der Waals surface area contributed by atoms with E-state index >= 15 is 0 Å². The van der Waals surface area contributed by atoms with Crippen LogP contribution in [-0.2, 0) is 9.84 Å². The maximum atomic E-state index is 11.5. The molecule has 2 aliphatic rings. The lowest BCUT2D eigenvalue weighted by Gasteiger charge is -2.34. The number of hydrogen-bond acceptors (Lipinski definition) is 7. The average Bonchev–Trinajstić information content (AvgIpc) is 3.14. The maximum absolute atomic E-state index is 11.5. The number of anilines is 1. The van der Waals surface area contributed by atoms with Gasteiger partial charge in [0.05, 0.1) is 16.0 Å². The van der Waals surface area contributed by atoms with Gasteiger partial charge in [-0.2, -0.15) is 0 Å². The molecule has 2 aromatic heterocycles. The van der Waals surface area contributed by atoms with E-state index in [-0.39, 0.29) is 11.8 Å². The molecule has 8 heteroatoms. The number of nitrogens with zero attached hydrogens (tertiary/aromatic N) is 3. The molecule has 4 rings (SSSR count). The average molecular weight is 350 g/mol. The topological polar surface area (TPSA) is 75.2 Å². The lowest BCUT2D eigenvalue weighted by atomic mass is 10.0. The van der Waals surface area contributed by atoms with Crippen LogP contribution in [0.15, 0.2) is 29.3 Å². The van der Waals surface area contributed by atoms with Gasteiger partial charge in [-0.15, -0.1) is 11.3 Å². The van der Waals surface area contributed by atoms with Crippen molar-refractivity contribution < 1.29 is 8.42 Å². The molecular weight excluding hydrogens is 332 g/mol. The third-order valence-electron chi connectivity index (χ3n) is 4.40. The van der Waals surface area contributed by atoms with Crippen LogP contribution in [0.3, 0.4) is 0 Å². The monoisotopic (exact) mass is 350 g/mol. The highest BCUT2D eigenvalue weighted by Gasteiger charge is 2.27. The Kier molecular flexibility index (Phi) is 3.82. The van der Waals surface area contributed by atoms with Gasteiger partial charge in [-0.3, -0.25) is 0 Å². The zero-order chi connectivity index (χ0) is 15.9. The van der Waals surface area contributed by atoms with Crippen LogP contribution in [0, 0.1) is 0 Å². The summed E-state index contributed by atoms with van der Waals surface area (Å²) in [5.41, 5.74) is 1.00. The second-order valence-electron chi connectivity index (χ2n) is 6.02. The van der Waals surface area contributed by atoms with E-state index in [4.69, 9.17) is 0 Å². The zero-order valence-corrected chi connectivity index (χ0v) is 14.2. The van der Waals surface area contributed by atoms with Crippen molar-refractivity contribution in [3.8, 4) is 0 Å². The summed E-state index contributed by atoms with van der Waals surface area (Å²) in [4.78, 5) is 11.1. The molecule has 0 amide bonds. The van der Waals surface area contributed by atoms with Crippen LogP contribution in [0.2, 0.25) is 0 Å². The molecule has 122 valence electrons. The molecule has 0 spiro atoms. The fraction of sp³-hybridized carbons (Fsp3) is 0.467. The van der Waals surface area contributed by atoms with E-state index in [0.29, 0.717) is 6.04 Å². The number of piperidine rings is 1. The molecule has 1 fully saturated rings. The second-order valence-corrected chi connectivity index (χ2v) is 8.87. The molecule has 0 unspecified atom stereocenters. The molecule has 1 saturated heterocycles. The minimum absolute atomic E-state index is 0.0420. The van der Waals surface area contributed by atoms with Gasteiger partial charge >= 0.3 is 0 Å². The third kappa shape index (κ3) is 3.11. The van der Waals surface area contributed by atoms with Gasteiger partial charge in [-0.05, 0) is 24.3 Å². The van der Waals surface area contributed by atoms with Crippen molar-refractivity contribution in [2.45, 2.75) is 24.9 Å². The van der Waals surface area contributed by atoms with Crippen LogP contribution < -0.4 is 10.2 Å². The first kappa shape index (κ1) is 15.0. The quantitative estimate of drug-likeness (QED) is 0.905. The first-order valence-electron chi connectivity index (χ1n) is 7.71. The molecule has 2 aliphatic heterocycles. The maximum Gasteiger partial charge on any atom is 0.173 e. The smallest absolute Gasteiger partial charge is 0.173 e. The standard InChI is InChI=1S/C15H18N4O2S2/c20-23(21)8-4-12(9-23)18-11-1-5-19(6-2-11)15-14-13(3-7-22-14)16-10-17-15/h3-4,7-8,10-12,18H,1-2,5-6,9H2/t12-/m1/s1. The summed E-state index contributed by atoms with van der Waals surface area (Å²) >= 11 is 1.68. The van der Waals surface area contributed by atoms with Crippen molar-refractivity contribution >= 4 is 37.2 Å². The van der Waals surface area contributed by atoms with E-state index in [0.717, 1.165) is 42.0 Å². The van der Waals surface area contributed by atoms with Gasteiger partial charge < -0.3 is 10.2 Å². The summed E-state index contributed by atoms with van der Waals surface area (Å²) in [7, 11) is -2.99. The number of sulfone groups is 1. The number of thiophene rings is 1. The minimum atomic E-state index is -2.99. The van der Waals surface area contributed by atoms with Crippen molar-refractivity contribution in [1.82, 2.24) is 15.3 Å². The summed E-state index contributed by atoms with van der Waals surface area (Å²) < 4.78 is 24.1. The van der Waals surface area contributed by atoms with Crippen LogP contribution in [0.25, 0.3) is 10.2 Å². The van der Waals surface area contributed by atoms with E-state index in [1.165, 1.54) is 5.41 Å². The Labute approximate surface area is 139 Å². The van der Waals surface area contributed by atoms with Crippen LogP contribution >= 0.6 is 11.3 Å². The summed E-state index contributed by atoms with van der Waals surface area (Å²) in [5, 5.41) is 6.83. The summed E-state index contributed by atoms with van der Waals surface area (Å²) in [5.74, 6) is 1.21. The van der Waals surface area contributed by atoms with Crippen LogP contribution in [-0.4, -0.2) is 49.3 Å². The van der Waals surface area contributed by atoms with Gasteiger partial charge in [0.1, 0.15) is 12.1 Å². The first-order valence-corrected chi connectivity index (χ1v) is 10.3. The highest BCUT2D eigenvalue weighted by atomic mass is 32.2. The molecule has 0 aromatic carbocycles. The highest BCUT2D eigenvalue weighted by molar-refractivity contribution is 7.94. The van der Waals surface area contributed by atoms with Gasteiger partial charge in [0, 0.05) is 30.6 Å². The summed E-state index contributed by atoms with van der Waals surface area (Å²) in [6, 6.07) is 2.33. The fourth-order valence-electron chi connectivity index (χ4n) is 3.24. The summed E-state index contributed by atoms with van der Waals surface area (Å²) in [6.45, 7) is 1.84. The fourth-order valence-corrected chi connectivity index (χ4v) is 5.35. The van der Waals surface area contributed by atoms with Crippen molar-refractivity contribution in [2.75, 3.05) is 23.7 Å². The Morgan fingerprint density at radius 2 is 2.09 bits per heavy atom. The highest BCUT2D eigenvalue weighted by Crippen LogP contribution is 2.29. The van der Waals surface area contributed by atoms with Gasteiger partial charge in [0.2, 0.25) is 0 Å². The predicted molar refractivity (Wildman–Crippen MR) is 92.5 cm³/mol. The molecule has 1 atom stereocenters. The van der Waals surface area contributed by atoms with Gasteiger partial charge in [0.15, 0.2) is 9.84 Å². The first-order chi connectivity index (χ1) is 11.1.